The summed E-state index contributed by atoms with van der Waals surface area (Å²) < 4.78 is 43.4. The number of carbonyl (C=O) groups is 2. The van der Waals surface area contributed by atoms with Gasteiger partial charge in [-0.1, -0.05) is 23.7 Å². The second-order valence-corrected chi connectivity index (χ2v) is 7.14. The number of nitrogens with one attached hydrogen (secondary N) is 2. The lowest BCUT2D eigenvalue weighted by molar-refractivity contribution is -0.146. The quantitative estimate of drug-likeness (QED) is 0.691. The van der Waals surface area contributed by atoms with Crippen molar-refractivity contribution in [3.8, 4) is 0 Å². The Morgan fingerprint density at radius 1 is 1.08 bits per heavy atom. The summed E-state index contributed by atoms with van der Waals surface area (Å²) in [5, 5.41) is 2.77. The van der Waals surface area contributed by atoms with Gasteiger partial charge in [-0.25, -0.2) is 12.8 Å². The van der Waals surface area contributed by atoms with Crippen molar-refractivity contribution in [1.82, 2.24) is 4.72 Å². The first-order valence-electron chi connectivity index (χ1n) is 7.23. The number of para-hydroxylation sites is 1. The largest absolute Gasteiger partial charge is 0.455 e. The minimum atomic E-state index is -4.00. The number of hydrogen-bond acceptors (Lipinski definition) is 5. The van der Waals surface area contributed by atoms with E-state index in [1.165, 1.54) is 0 Å². The predicted molar refractivity (Wildman–Crippen MR) is 92.6 cm³/mol. The van der Waals surface area contributed by atoms with Crippen LogP contribution in [0.25, 0.3) is 0 Å². The van der Waals surface area contributed by atoms with Crippen molar-refractivity contribution in [3.05, 3.63) is 59.4 Å². The monoisotopic (exact) mass is 400 g/mol. The van der Waals surface area contributed by atoms with Crippen molar-refractivity contribution >= 4 is 39.2 Å². The van der Waals surface area contributed by atoms with Crippen molar-refractivity contribution in [2.45, 2.75) is 4.90 Å². The SMILES string of the molecule is O=C(COC(=O)CNS(=O)(=O)c1ccc(F)cc1)Nc1ccccc1Cl. The van der Waals surface area contributed by atoms with Gasteiger partial charge in [-0.05, 0) is 36.4 Å². The molecule has 0 saturated heterocycles. The molecule has 0 saturated carbocycles. The van der Waals surface area contributed by atoms with Gasteiger partial charge in [0.15, 0.2) is 6.61 Å². The Hall–Kier alpha value is -2.49. The van der Waals surface area contributed by atoms with E-state index >= 15 is 0 Å². The van der Waals surface area contributed by atoms with Gasteiger partial charge >= 0.3 is 5.97 Å². The zero-order chi connectivity index (χ0) is 19.2. The molecule has 10 heteroatoms. The van der Waals surface area contributed by atoms with Gasteiger partial charge in [0.1, 0.15) is 12.4 Å². The molecule has 0 heterocycles. The Kier molecular flexibility index (Phi) is 6.67. The lowest BCUT2D eigenvalue weighted by Crippen LogP contribution is -2.32. The third-order valence-electron chi connectivity index (χ3n) is 3.04. The number of anilines is 1. The number of hydrogen-bond donors (Lipinski definition) is 2. The first-order chi connectivity index (χ1) is 12.3. The van der Waals surface area contributed by atoms with Crippen molar-refractivity contribution < 1.29 is 27.1 Å². The molecule has 0 aromatic heterocycles. The Morgan fingerprint density at radius 2 is 1.73 bits per heavy atom. The third-order valence-corrected chi connectivity index (χ3v) is 4.79. The zero-order valence-corrected chi connectivity index (χ0v) is 14.8. The minimum absolute atomic E-state index is 0.205. The number of halogens is 2. The Balaban J connectivity index is 1.80. The minimum Gasteiger partial charge on any atom is -0.455 e. The molecule has 2 N–H and O–H groups in total. The van der Waals surface area contributed by atoms with Crippen LogP contribution in [0.1, 0.15) is 0 Å². The van der Waals surface area contributed by atoms with Crippen LogP contribution in [0.2, 0.25) is 5.02 Å². The number of amides is 1. The van der Waals surface area contributed by atoms with Gasteiger partial charge in [-0.2, -0.15) is 4.72 Å². The highest BCUT2D eigenvalue weighted by Crippen LogP contribution is 2.20. The van der Waals surface area contributed by atoms with E-state index in [2.05, 4.69) is 10.1 Å². The third kappa shape index (κ3) is 5.80. The first-order valence-corrected chi connectivity index (χ1v) is 9.09. The highest BCUT2D eigenvalue weighted by Gasteiger charge is 2.17. The van der Waals surface area contributed by atoms with E-state index in [0.717, 1.165) is 24.3 Å². The topological polar surface area (TPSA) is 102 Å². The molecule has 0 radical (unpaired) electrons. The fourth-order valence-corrected chi connectivity index (χ4v) is 2.95. The van der Waals surface area contributed by atoms with Crippen molar-refractivity contribution in [2.24, 2.45) is 0 Å². The van der Waals surface area contributed by atoms with Crippen molar-refractivity contribution in [2.75, 3.05) is 18.5 Å². The summed E-state index contributed by atoms with van der Waals surface area (Å²) >= 11 is 5.88. The van der Waals surface area contributed by atoms with Gasteiger partial charge in [0, 0.05) is 0 Å². The smallest absolute Gasteiger partial charge is 0.321 e. The summed E-state index contributed by atoms with van der Waals surface area (Å²) in [7, 11) is -4.00. The van der Waals surface area contributed by atoms with Crippen LogP contribution in [0.4, 0.5) is 10.1 Å². The Bertz CT molecular complexity index is 903. The van der Waals surface area contributed by atoms with Crippen LogP contribution >= 0.6 is 11.6 Å². The van der Waals surface area contributed by atoms with Crippen LogP contribution in [0.15, 0.2) is 53.4 Å². The molecule has 0 aliphatic heterocycles. The fraction of sp³-hybridized carbons (Fsp3) is 0.125. The molecule has 2 aromatic rings. The lowest BCUT2D eigenvalue weighted by Gasteiger charge is -2.09. The van der Waals surface area contributed by atoms with Gasteiger partial charge in [-0.15, -0.1) is 0 Å². The molecule has 138 valence electrons. The molecule has 26 heavy (non-hydrogen) atoms. The predicted octanol–water partition coefficient (Wildman–Crippen LogP) is 1.94. The number of carbonyl (C=O) groups excluding carboxylic acids is 2. The standard InChI is InChI=1S/C16H14ClFN2O5S/c17-13-3-1-2-4-14(13)20-15(21)10-25-16(22)9-19-26(23,24)12-7-5-11(18)6-8-12/h1-8,19H,9-10H2,(H,20,21). The Labute approximate surface area is 154 Å². The number of esters is 1. The van der Waals surface area contributed by atoms with Gasteiger partial charge in [0.2, 0.25) is 10.0 Å². The molecule has 7 nitrogen and oxygen atoms in total. The van der Waals surface area contributed by atoms with Gasteiger partial charge in [0.05, 0.1) is 15.6 Å². The van der Waals surface area contributed by atoms with E-state index in [0.29, 0.717) is 10.7 Å². The Morgan fingerprint density at radius 3 is 2.38 bits per heavy atom. The van der Waals surface area contributed by atoms with Crippen LogP contribution in [0.5, 0.6) is 0 Å². The molecule has 0 unspecified atom stereocenters. The van der Waals surface area contributed by atoms with Gasteiger partial charge in [-0.3, -0.25) is 9.59 Å². The second kappa shape index (κ2) is 8.75. The van der Waals surface area contributed by atoms with Gasteiger partial charge < -0.3 is 10.1 Å². The fourth-order valence-electron chi connectivity index (χ4n) is 1.80. The highest BCUT2D eigenvalue weighted by atomic mass is 35.5. The van der Waals surface area contributed by atoms with Crippen LogP contribution < -0.4 is 10.0 Å². The van der Waals surface area contributed by atoms with Crippen LogP contribution in [-0.4, -0.2) is 33.4 Å². The summed E-state index contributed by atoms with van der Waals surface area (Å²) in [5.74, 6) is -2.18. The maximum atomic E-state index is 12.8. The van der Waals surface area contributed by atoms with E-state index in [-0.39, 0.29) is 4.90 Å². The molecule has 0 bridgehead atoms. The summed E-state index contributed by atoms with van der Waals surface area (Å²) in [6, 6.07) is 10.6. The molecule has 2 rings (SSSR count). The molecule has 0 aliphatic rings. The van der Waals surface area contributed by atoms with Crippen molar-refractivity contribution in [3.63, 3.8) is 0 Å². The average Bonchev–Trinajstić information content (AvgIpc) is 2.60. The normalized spacial score (nSPS) is 11.0. The van der Waals surface area contributed by atoms with E-state index < -0.39 is 40.9 Å². The maximum absolute atomic E-state index is 12.8. The number of rotatable bonds is 7. The number of ether oxygens (including phenoxy) is 1. The molecular formula is C16H14ClFN2O5S. The number of benzene rings is 2. The lowest BCUT2D eigenvalue weighted by atomic mass is 10.3. The van der Waals surface area contributed by atoms with E-state index in [4.69, 9.17) is 11.6 Å². The molecule has 0 aliphatic carbocycles. The van der Waals surface area contributed by atoms with Crippen LogP contribution in [-0.2, 0) is 24.3 Å². The van der Waals surface area contributed by atoms with Gasteiger partial charge in [0.25, 0.3) is 5.91 Å². The van der Waals surface area contributed by atoms with Crippen LogP contribution in [0, 0.1) is 5.82 Å². The van der Waals surface area contributed by atoms with E-state index in [1.54, 1.807) is 24.3 Å². The molecular weight excluding hydrogens is 387 g/mol. The highest BCUT2D eigenvalue weighted by molar-refractivity contribution is 7.89. The molecule has 0 spiro atoms. The summed E-state index contributed by atoms with van der Waals surface area (Å²) in [6.45, 7) is -1.29. The summed E-state index contributed by atoms with van der Waals surface area (Å²) in [5.41, 5.74) is 0.354. The van der Waals surface area contributed by atoms with Crippen LogP contribution in [0.3, 0.4) is 0 Å². The van der Waals surface area contributed by atoms with E-state index in [9.17, 15) is 22.4 Å². The zero-order valence-electron chi connectivity index (χ0n) is 13.2. The number of sulfonamides is 1. The first kappa shape index (κ1) is 19.8. The molecule has 1 amide bonds. The average molecular weight is 401 g/mol. The summed E-state index contributed by atoms with van der Waals surface area (Å²) in [6.07, 6.45) is 0. The molecule has 2 aromatic carbocycles. The maximum Gasteiger partial charge on any atom is 0.321 e. The van der Waals surface area contributed by atoms with E-state index in [1.807, 2.05) is 4.72 Å². The van der Waals surface area contributed by atoms with Crippen molar-refractivity contribution in [1.29, 1.82) is 0 Å². The summed E-state index contributed by atoms with van der Waals surface area (Å²) in [4.78, 5) is 23.1. The molecule has 0 atom stereocenters. The molecule has 0 fully saturated rings. The second-order valence-electron chi connectivity index (χ2n) is 4.97.